The predicted octanol–water partition coefficient (Wildman–Crippen LogP) is 4.16. The number of halogens is 1. The molecule has 2 rings (SSSR count). The second kappa shape index (κ2) is 10.5. The fraction of sp³-hybridized carbons (Fsp3) is 0.684. The summed E-state index contributed by atoms with van der Waals surface area (Å²) in [5.41, 5.74) is 6.05. The Morgan fingerprint density at radius 1 is 1.38 bits per heavy atom. The van der Waals surface area contributed by atoms with E-state index in [1.54, 1.807) is 11.8 Å². The van der Waals surface area contributed by atoms with Crippen LogP contribution >= 0.6 is 23.4 Å². The van der Waals surface area contributed by atoms with Gasteiger partial charge in [0, 0.05) is 55.6 Å². The molecule has 26 heavy (non-hydrogen) atoms. The van der Waals surface area contributed by atoms with Gasteiger partial charge < -0.3 is 0 Å². The van der Waals surface area contributed by atoms with Gasteiger partial charge in [-0.2, -0.15) is 5.10 Å². The number of hydrogen-bond acceptors (Lipinski definition) is 6. The fourth-order valence-electron chi connectivity index (χ4n) is 3.04. The summed E-state index contributed by atoms with van der Waals surface area (Å²) in [4.78, 5) is 4.62. The molecule has 5 nitrogen and oxygen atoms in total. The number of thioether (sulfide) groups is 1. The highest BCUT2D eigenvalue weighted by atomic mass is 35.5. The van der Waals surface area contributed by atoms with Gasteiger partial charge in [0.15, 0.2) is 0 Å². The molecule has 3 atom stereocenters. The zero-order valence-corrected chi connectivity index (χ0v) is 18.1. The van der Waals surface area contributed by atoms with Crippen molar-refractivity contribution in [3.8, 4) is 0 Å². The van der Waals surface area contributed by atoms with E-state index in [0.717, 1.165) is 35.9 Å². The molecule has 146 valence electrons. The third kappa shape index (κ3) is 6.41. The van der Waals surface area contributed by atoms with Gasteiger partial charge in [-0.1, -0.05) is 6.07 Å². The minimum absolute atomic E-state index is 0.237. The van der Waals surface area contributed by atoms with Gasteiger partial charge in [0.05, 0.1) is 11.1 Å². The van der Waals surface area contributed by atoms with Crippen molar-refractivity contribution in [2.45, 2.75) is 63.7 Å². The molecule has 1 aromatic heterocycles. The van der Waals surface area contributed by atoms with Crippen LogP contribution in [0.3, 0.4) is 0 Å². The van der Waals surface area contributed by atoms with Crippen molar-refractivity contribution in [1.29, 1.82) is 0 Å². The van der Waals surface area contributed by atoms with Crippen molar-refractivity contribution in [3.63, 3.8) is 0 Å². The summed E-state index contributed by atoms with van der Waals surface area (Å²) < 4.78 is 0. The van der Waals surface area contributed by atoms with E-state index in [1.165, 1.54) is 5.56 Å². The van der Waals surface area contributed by atoms with Crippen LogP contribution in [0.25, 0.3) is 0 Å². The van der Waals surface area contributed by atoms with Gasteiger partial charge in [0.25, 0.3) is 0 Å². The van der Waals surface area contributed by atoms with Gasteiger partial charge in [-0.25, -0.2) is 9.99 Å². The summed E-state index contributed by atoms with van der Waals surface area (Å²) >= 11 is 7.51. The largest absolute Gasteiger partial charge is 0.296 e. The Morgan fingerprint density at radius 2 is 2.15 bits per heavy atom. The molecular formula is C19H32ClN5S. The molecule has 2 heterocycles. The minimum Gasteiger partial charge on any atom is -0.296 e. The molecule has 1 aromatic rings. The molecule has 1 N–H and O–H groups in total. The number of nitrogens with one attached hydrogen (secondary N) is 1. The number of nitrogens with zero attached hydrogens (tertiary/aromatic N) is 4. The Morgan fingerprint density at radius 3 is 2.81 bits per heavy atom. The molecule has 0 saturated heterocycles. The maximum atomic E-state index is 5.74. The summed E-state index contributed by atoms with van der Waals surface area (Å²) in [5.74, 6) is 1.72. The highest BCUT2D eigenvalue weighted by Gasteiger charge is 2.23. The maximum Gasteiger partial charge on any atom is 0.0960 e. The fourth-order valence-corrected chi connectivity index (χ4v) is 4.12. The quantitative estimate of drug-likeness (QED) is 0.443. The number of likely N-dealkylation sites (N-methyl/N-ethyl adjacent to an activating group) is 1. The van der Waals surface area contributed by atoms with Crippen molar-refractivity contribution in [1.82, 2.24) is 20.4 Å². The molecule has 0 fully saturated rings. The van der Waals surface area contributed by atoms with Crippen LogP contribution in [0.5, 0.6) is 0 Å². The number of pyridine rings is 1. The molecule has 1 aliphatic rings. The Hall–Kier alpha value is -0.820. The Labute approximate surface area is 167 Å². The molecule has 1 unspecified atom stereocenters. The van der Waals surface area contributed by atoms with Crippen LogP contribution in [0, 0.1) is 0 Å². The van der Waals surface area contributed by atoms with Crippen LogP contribution in [0.1, 0.15) is 52.1 Å². The lowest BCUT2D eigenvalue weighted by Gasteiger charge is -2.35. The third-order valence-corrected chi connectivity index (χ3v) is 5.95. The Bertz CT molecular complexity index is 580. The smallest absolute Gasteiger partial charge is 0.0960 e. The summed E-state index contributed by atoms with van der Waals surface area (Å²) in [7, 11) is 2.06. The summed E-state index contributed by atoms with van der Waals surface area (Å²) in [6.07, 6.45) is 3.95. The van der Waals surface area contributed by atoms with Crippen molar-refractivity contribution in [3.05, 3.63) is 23.9 Å². The zero-order chi connectivity index (χ0) is 19.1. The van der Waals surface area contributed by atoms with Crippen LogP contribution in [0.2, 0.25) is 0 Å². The van der Waals surface area contributed by atoms with Gasteiger partial charge in [-0.05, 0) is 45.7 Å². The lowest BCUT2D eigenvalue weighted by Crippen LogP contribution is -2.49. The van der Waals surface area contributed by atoms with Gasteiger partial charge in [-0.15, -0.1) is 23.4 Å². The second-order valence-corrected chi connectivity index (χ2v) is 8.63. The van der Waals surface area contributed by atoms with Gasteiger partial charge in [-0.3, -0.25) is 10.4 Å². The van der Waals surface area contributed by atoms with Crippen LogP contribution in [-0.2, 0) is 0 Å². The molecule has 0 aliphatic carbocycles. The second-order valence-electron chi connectivity index (χ2n) is 7.14. The van der Waals surface area contributed by atoms with Crippen molar-refractivity contribution < 1.29 is 0 Å². The monoisotopic (exact) mass is 397 g/mol. The maximum absolute atomic E-state index is 5.74. The average Bonchev–Trinajstić information content (AvgIpc) is 2.64. The highest BCUT2D eigenvalue weighted by molar-refractivity contribution is 7.99. The molecule has 1 aliphatic heterocycles. The summed E-state index contributed by atoms with van der Waals surface area (Å²) in [6, 6.07) is 5.21. The lowest BCUT2D eigenvalue weighted by molar-refractivity contribution is 0.0801. The van der Waals surface area contributed by atoms with E-state index < -0.39 is 0 Å². The number of hydrazone groups is 1. The average molecular weight is 398 g/mol. The van der Waals surface area contributed by atoms with Crippen LogP contribution in [0.4, 0.5) is 0 Å². The van der Waals surface area contributed by atoms with E-state index in [4.69, 9.17) is 16.7 Å². The van der Waals surface area contributed by atoms with Gasteiger partial charge >= 0.3 is 0 Å². The van der Waals surface area contributed by atoms with E-state index >= 15 is 0 Å². The molecule has 0 spiro atoms. The summed E-state index contributed by atoms with van der Waals surface area (Å²) in [6.45, 7) is 9.65. The predicted molar refractivity (Wildman–Crippen MR) is 113 cm³/mol. The van der Waals surface area contributed by atoms with Crippen LogP contribution < -0.4 is 5.43 Å². The van der Waals surface area contributed by atoms with Crippen molar-refractivity contribution in [2.75, 3.05) is 25.2 Å². The van der Waals surface area contributed by atoms with E-state index in [9.17, 15) is 0 Å². The van der Waals surface area contributed by atoms with E-state index in [1.807, 2.05) is 6.20 Å². The van der Waals surface area contributed by atoms with Crippen LogP contribution in [0.15, 0.2) is 28.5 Å². The van der Waals surface area contributed by atoms with Crippen molar-refractivity contribution >= 4 is 29.1 Å². The number of hydrazine groups is 1. The van der Waals surface area contributed by atoms with Gasteiger partial charge in [0.1, 0.15) is 0 Å². The topological polar surface area (TPSA) is 43.8 Å². The Balaban J connectivity index is 2.07. The Kier molecular flexibility index (Phi) is 8.67. The van der Waals surface area contributed by atoms with Crippen LogP contribution in [-0.4, -0.2) is 58.0 Å². The molecule has 0 saturated carbocycles. The van der Waals surface area contributed by atoms with E-state index in [0.29, 0.717) is 18.0 Å². The minimum atomic E-state index is 0.237. The molecule has 7 heteroatoms. The first-order valence-corrected chi connectivity index (χ1v) is 10.9. The normalized spacial score (nSPS) is 25.8. The third-order valence-electron chi connectivity index (χ3n) is 4.65. The molecule has 0 amide bonds. The van der Waals surface area contributed by atoms with E-state index in [2.05, 4.69) is 67.3 Å². The number of hydrogen-bond donors (Lipinski definition) is 1. The first-order chi connectivity index (χ1) is 12.4. The lowest BCUT2D eigenvalue weighted by atomic mass is 10.1. The number of aromatic nitrogens is 1. The van der Waals surface area contributed by atoms with Gasteiger partial charge in [0.2, 0.25) is 0 Å². The van der Waals surface area contributed by atoms with E-state index in [-0.39, 0.29) is 6.04 Å². The molecule has 0 bridgehead atoms. The first kappa shape index (κ1) is 21.5. The molecule has 0 aromatic carbocycles. The summed E-state index contributed by atoms with van der Waals surface area (Å²) in [5, 5.41) is 10.2. The standard InChI is InChI=1S/C19H32ClN5S/c1-14-11-15(2)23-25(13-16(3)24(5)22-14)17(4)18-7-8-19(21-12-18)26-10-6-9-20/h7-8,12,15-17,23H,6,9-11,13H2,1-5H3/b22-14+/t15-,16-,17?/m1/s1. The first-order valence-electron chi connectivity index (χ1n) is 9.35. The molecular weight excluding hydrogens is 366 g/mol. The zero-order valence-electron chi connectivity index (χ0n) is 16.6. The highest BCUT2D eigenvalue weighted by Crippen LogP contribution is 2.23. The number of alkyl halides is 1. The molecule has 0 radical (unpaired) electrons. The van der Waals surface area contributed by atoms with Crippen molar-refractivity contribution in [2.24, 2.45) is 5.10 Å². The number of rotatable bonds is 6. The SMILES string of the molecule is C/C1=N\N(C)[C@H](C)CN(C(C)c2ccc(SCCCCl)nc2)N[C@H](C)C1.